The SMILES string of the molecule is CCCS(=O)(=O)Nc1cccc(NC(=O)c2cc3ccccc3n2Cc2ccccc2)c1C. The lowest BCUT2D eigenvalue weighted by Gasteiger charge is -2.15. The molecule has 1 amide bonds. The van der Waals surface area contributed by atoms with Crippen LogP contribution in [0.15, 0.2) is 78.9 Å². The van der Waals surface area contributed by atoms with Crippen LogP contribution in [0.1, 0.15) is 35.0 Å². The Morgan fingerprint density at radius 2 is 1.61 bits per heavy atom. The summed E-state index contributed by atoms with van der Waals surface area (Å²) in [6.45, 7) is 4.17. The lowest BCUT2D eigenvalue weighted by atomic mass is 10.1. The molecule has 0 unspecified atom stereocenters. The zero-order chi connectivity index (χ0) is 23.4. The third kappa shape index (κ3) is 5.09. The van der Waals surface area contributed by atoms with Gasteiger partial charge in [0.25, 0.3) is 5.91 Å². The molecule has 0 atom stereocenters. The molecule has 0 aliphatic heterocycles. The first-order chi connectivity index (χ1) is 15.9. The first-order valence-corrected chi connectivity index (χ1v) is 12.6. The van der Waals surface area contributed by atoms with E-state index in [9.17, 15) is 13.2 Å². The van der Waals surface area contributed by atoms with E-state index in [1.54, 1.807) is 25.1 Å². The number of carbonyl (C=O) groups is 1. The van der Waals surface area contributed by atoms with E-state index in [-0.39, 0.29) is 11.7 Å². The molecule has 0 saturated carbocycles. The number of anilines is 2. The highest BCUT2D eigenvalue weighted by atomic mass is 32.2. The molecule has 2 N–H and O–H groups in total. The molecule has 0 radical (unpaired) electrons. The molecule has 4 rings (SSSR count). The van der Waals surface area contributed by atoms with Crippen molar-refractivity contribution in [3.8, 4) is 0 Å². The summed E-state index contributed by atoms with van der Waals surface area (Å²) in [6.07, 6.45) is 0.525. The second kappa shape index (κ2) is 9.50. The van der Waals surface area contributed by atoms with Crippen LogP contribution in [-0.2, 0) is 16.6 Å². The van der Waals surface area contributed by atoms with Crippen molar-refractivity contribution < 1.29 is 13.2 Å². The number of aromatic nitrogens is 1. The average molecular weight is 462 g/mol. The zero-order valence-electron chi connectivity index (χ0n) is 18.7. The Morgan fingerprint density at radius 3 is 2.36 bits per heavy atom. The van der Waals surface area contributed by atoms with Crippen LogP contribution >= 0.6 is 0 Å². The number of para-hydroxylation sites is 1. The summed E-state index contributed by atoms with van der Waals surface area (Å²) in [5.74, 6) is -0.207. The molecule has 1 heterocycles. The predicted molar refractivity (Wildman–Crippen MR) is 134 cm³/mol. The Labute approximate surface area is 194 Å². The fourth-order valence-electron chi connectivity index (χ4n) is 3.89. The lowest BCUT2D eigenvalue weighted by Crippen LogP contribution is -2.19. The minimum Gasteiger partial charge on any atom is -0.332 e. The molecule has 0 bridgehead atoms. The van der Waals surface area contributed by atoms with E-state index in [0.717, 1.165) is 16.5 Å². The minimum atomic E-state index is -3.43. The molecule has 0 saturated heterocycles. The molecule has 6 nitrogen and oxygen atoms in total. The summed E-state index contributed by atoms with van der Waals surface area (Å²) in [6, 6.07) is 25.0. The summed E-state index contributed by atoms with van der Waals surface area (Å²) in [4.78, 5) is 13.4. The molecule has 0 fully saturated rings. The van der Waals surface area contributed by atoms with Crippen molar-refractivity contribution in [2.24, 2.45) is 0 Å². The van der Waals surface area contributed by atoms with Crippen molar-refractivity contribution in [1.29, 1.82) is 0 Å². The molecule has 0 aliphatic rings. The number of carbonyl (C=O) groups excluding carboxylic acids is 1. The molecule has 33 heavy (non-hydrogen) atoms. The van der Waals surface area contributed by atoms with Crippen LogP contribution < -0.4 is 10.0 Å². The smallest absolute Gasteiger partial charge is 0.272 e. The van der Waals surface area contributed by atoms with Crippen LogP contribution in [0.25, 0.3) is 10.9 Å². The van der Waals surface area contributed by atoms with Crippen LogP contribution in [0.3, 0.4) is 0 Å². The van der Waals surface area contributed by atoms with Crippen LogP contribution in [0, 0.1) is 6.92 Å². The van der Waals surface area contributed by atoms with Gasteiger partial charge >= 0.3 is 0 Å². The van der Waals surface area contributed by atoms with Gasteiger partial charge in [0, 0.05) is 23.1 Å². The van der Waals surface area contributed by atoms with Crippen molar-refractivity contribution in [3.63, 3.8) is 0 Å². The van der Waals surface area contributed by atoms with Gasteiger partial charge in [0.15, 0.2) is 0 Å². The number of nitrogens with one attached hydrogen (secondary N) is 2. The van der Waals surface area contributed by atoms with Crippen molar-refractivity contribution >= 4 is 38.2 Å². The summed E-state index contributed by atoms with van der Waals surface area (Å²) >= 11 is 0. The number of amides is 1. The normalized spacial score (nSPS) is 11.5. The third-order valence-electron chi connectivity index (χ3n) is 5.55. The summed E-state index contributed by atoms with van der Waals surface area (Å²) in [7, 11) is -3.43. The van der Waals surface area contributed by atoms with Gasteiger partial charge in [-0.3, -0.25) is 9.52 Å². The van der Waals surface area contributed by atoms with Crippen molar-refractivity contribution in [1.82, 2.24) is 4.57 Å². The highest BCUT2D eigenvalue weighted by Crippen LogP contribution is 2.27. The minimum absolute atomic E-state index is 0.0443. The molecule has 7 heteroatoms. The molecule has 4 aromatic rings. The van der Waals surface area contributed by atoms with E-state index in [2.05, 4.69) is 10.0 Å². The Hall–Kier alpha value is -3.58. The largest absolute Gasteiger partial charge is 0.332 e. The van der Waals surface area contributed by atoms with E-state index >= 15 is 0 Å². The Kier molecular flexibility index (Phi) is 6.51. The number of hydrogen-bond acceptors (Lipinski definition) is 3. The van der Waals surface area contributed by atoms with Crippen LogP contribution in [0.4, 0.5) is 11.4 Å². The summed E-state index contributed by atoms with van der Waals surface area (Å²) < 4.78 is 29.1. The molecule has 0 spiro atoms. The van der Waals surface area contributed by atoms with Gasteiger partial charge in [0.1, 0.15) is 5.69 Å². The van der Waals surface area contributed by atoms with Crippen molar-refractivity contribution in [2.75, 3.05) is 15.8 Å². The fourth-order valence-corrected chi connectivity index (χ4v) is 5.09. The van der Waals surface area contributed by atoms with Gasteiger partial charge in [-0.05, 0) is 48.7 Å². The van der Waals surface area contributed by atoms with Gasteiger partial charge in [-0.25, -0.2) is 8.42 Å². The van der Waals surface area contributed by atoms with Gasteiger partial charge < -0.3 is 9.88 Å². The highest BCUT2D eigenvalue weighted by molar-refractivity contribution is 7.92. The van der Waals surface area contributed by atoms with Gasteiger partial charge in [-0.1, -0.05) is 61.5 Å². The van der Waals surface area contributed by atoms with Crippen LogP contribution in [-0.4, -0.2) is 24.6 Å². The average Bonchev–Trinajstić information content (AvgIpc) is 3.15. The Balaban J connectivity index is 1.66. The first kappa shape index (κ1) is 22.6. The van der Waals surface area contributed by atoms with Gasteiger partial charge in [0.2, 0.25) is 10.0 Å². The molecule has 3 aromatic carbocycles. The number of sulfonamides is 1. The topological polar surface area (TPSA) is 80.2 Å². The quantitative estimate of drug-likeness (QED) is 0.369. The third-order valence-corrected chi connectivity index (χ3v) is 7.02. The maximum atomic E-state index is 13.4. The maximum absolute atomic E-state index is 13.4. The van der Waals surface area contributed by atoms with Crippen molar-refractivity contribution in [3.05, 3.63) is 95.7 Å². The highest BCUT2D eigenvalue weighted by Gasteiger charge is 2.18. The Morgan fingerprint density at radius 1 is 0.909 bits per heavy atom. The monoisotopic (exact) mass is 461 g/mol. The van der Waals surface area contributed by atoms with E-state index in [0.29, 0.717) is 35.6 Å². The second-order valence-corrected chi connectivity index (χ2v) is 9.86. The Bertz CT molecular complexity index is 1390. The number of fused-ring (bicyclic) bond motifs is 1. The first-order valence-electron chi connectivity index (χ1n) is 10.9. The summed E-state index contributed by atoms with van der Waals surface area (Å²) in [5, 5.41) is 3.96. The maximum Gasteiger partial charge on any atom is 0.272 e. The molecule has 0 aliphatic carbocycles. The number of rotatable bonds is 8. The zero-order valence-corrected chi connectivity index (χ0v) is 19.5. The molecule has 1 aromatic heterocycles. The van der Waals surface area contributed by atoms with Crippen LogP contribution in [0.2, 0.25) is 0 Å². The van der Waals surface area contributed by atoms with Gasteiger partial charge in [-0.2, -0.15) is 0 Å². The lowest BCUT2D eigenvalue weighted by molar-refractivity contribution is 0.101. The van der Waals surface area contributed by atoms with E-state index < -0.39 is 10.0 Å². The molecular formula is C26H27N3O3S. The summed E-state index contributed by atoms with van der Waals surface area (Å²) in [5.41, 5.74) is 4.30. The predicted octanol–water partition coefficient (Wildman–Crippen LogP) is 5.40. The van der Waals surface area contributed by atoms with E-state index in [1.165, 1.54) is 0 Å². The van der Waals surface area contributed by atoms with Crippen LogP contribution in [0.5, 0.6) is 0 Å². The number of benzene rings is 3. The number of nitrogens with zero attached hydrogens (tertiary/aromatic N) is 1. The van der Waals surface area contributed by atoms with E-state index in [1.807, 2.05) is 72.2 Å². The van der Waals surface area contributed by atoms with E-state index in [4.69, 9.17) is 0 Å². The standard InChI is InChI=1S/C26H27N3O3S/c1-3-16-33(31,32)28-23-14-9-13-22(19(23)2)27-26(30)25-17-21-12-7-8-15-24(21)29(25)18-20-10-5-4-6-11-20/h4-15,17,28H,3,16,18H2,1-2H3,(H,27,30). The van der Waals surface area contributed by atoms with Gasteiger partial charge in [-0.15, -0.1) is 0 Å². The molecular weight excluding hydrogens is 434 g/mol. The van der Waals surface area contributed by atoms with Crippen molar-refractivity contribution in [2.45, 2.75) is 26.8 Å². The fraction of sp³-hybridized carbons (Fsp3) is 0.192. The second-order valence-electron chi connectivity index (χ2n) is 8.01. The molecule has 170 valence electrons. The van der Waals surface area contributed by atoms with Gasteiger partial charge in [0.05, 0.1) is 11.4 Å². The number of hydrogen-bond donors (Lipinski definition) is 2.